The van der Waals surface area contributed by atoms with Gasteiger partial charge in [0.15, 0.2) is 5.82 Å². The molecule has 0 saturated heterocycles. The van der Waals surface area contributed by atoms with Crippen LogP contribution < -0.4 is 0 Å². The summed E-state index contributed by atoms with van der Waals surface area (Å²) < 4.78 is 5.03. The van der Waals surface area contributed by atoms with E-state index in [1.54, 1.807) is 0 Å². The third-order valence-corrected chi connectivity index (χ3v) is 9.80. The van der Waals surface area contributed by atoms with Crippen LogP contribution in [0.5, 0.6) is 0 Å². The van der Waals surface area contributed by atoms with Crippen molar-refractivity contribution in [1.29, 1.82) is 0 Å². The summed E-state index contributed by atoms with van der Waals surface area (Å²) in [5.74, 6) is 0.721. The molecule has 3 aromatic heterocycles. The molecule has 0 unspecified atom stereocenters. The Hall–Kier alpha value is -5.84. The van der Waals surface area contributed by atoms with E-state index < -0.39 is 0 Å². The SMILES string of the molecule is c1ccc(-c2cc(-c3cccc(-c4ccc5sc6c7ccccc7n(-c7ccccc7)c6c5c4)c3)nc(-c3ccccc3)n2)cc1. The van der Waals surface area contributed by atoms with Crippen LogP contribution in [0.1, 0.15) is 0 Å². The summed E-state index contributed by atoms with van der Waals surface area (Å²) in [5.41, 5.74) is 10.9. The summed E-state index contributed by atoms with van der Waals surface area (Å²) in [5, 5.41) is 2.56. The molecule has 0 fully saturated rings. The largest absolute Gasteiger partial charge is 0.308 e. The van der Waals surface area contributed by atoms with E-state index in [1.165, 1.54) is 42.5 Å². The molecule has 0 atom stereocenters. The van der Waals surface area contributed by atoms with Gasteiger partial charge in [-0.15, -0.1) is 11.3 Å². The molecule has 6 aromatic carbocycles. The van der Waals surface area contributed by atoms with Gasteiger partial charge in [0.1, 0.15) is 0 Å². The minimum atomic E-state index is 0.721. The Labute approximate surface area is 270 Å². The van der Waals surface area contributed by atoms with Crippen molar-refractivity contribution in [2.45, 2.75) is 0 Å². The van der Waals surface area contributed by atoms with Crippen molar-refractivity contribution >= 4 is 42.5 Å². The fourth-order valence-corrected chi connectivity index (χ4v) is 7.62. The highest BCUT2D eigenvalue weighted by atomic mass is 32.1. The van der Waals surface area contributed by atoms with Gasteiger partial charge >= 0.3 is 0 Å². The first kappa shape index (κ1) is 26.6. The van der Waals surface area contributed by atoms with Crippen LogP contribution in [0.25, 0.3) is 81.9 Å². The summed E-state index contributed by atoms with van der Waals surface area (Å²) >= 11 is 1.87. The average Bonchev–Trinajstić information content (AvgIpc) is 3.67. The average molecular weight is 606 g/mol. The van der Waals surface area contributed by atoms with Crippen molar-refractivity contribution in [3.63, 3.8) is 0 Å². The van der Waals surface area contributed by atoms with E-state index in [2.05, 4.69) is 144 Å². The highest BCUT2D eigenvalue weighted by Gasteiger charge is 2.18. The number of thiophene rings is 1. The summed E-state index contributed by atoms with van der Waals surface area (Å²) in [6.07, 6.45) is 0. The molecule has 0 aliphatic carbocycles. The van der Waals surface area contributed by atoms with Crippen LogP contribution in [-0.4, -0.2) is 14.5 Å². The van der Waals surface area contributed by atoms with E-state index in [0.717, 1.165) is 39.5 Å². The molecule has 0 bridgehead atoms. The lowest BCUT2D eigenvalue weighted by Gasteiger charge is -2.11. The van der Waals surface area contributed by atoms with Gasteiger partial charge in [0.2, 0.25) is 0 Å². The molecular weight excluding hydrogens is 579 g/mol. The van der Waals surface area contributed by atoms with Crippen molar-refractivity contribution in [3.8, 4) is 50.7 Å². The quantitative estimate of drug-likeness (QED) is 0.195. The zero-order chi connectivity index (χ0) is 30.5. The molecule has 0 aliphatic rings. The first-order valence-corrected chi connectivity index (χ1v) is 16.2. The molecule has 216 valence electrons. The van der Waals surface area contributed by atoms with Gasteiger partial charge in [-0.2, -0.15) is 0 Å². The molecule has 0 amide bonds. The van der Waals surface area contributed by atoms with E-state index in [1.807, 2.05) is 35.6 Å². The highest BCUT2D eigenvalue weighted by Crippen LogP contribution is 2.43. The third-order valence-electron chi connectivity index (χ3n) is 8.61. The molecular formula is C42H27N3S. The molecule has 9 rings (SSSR count). The van der Waals surface area contributed by atoms with Crippen LogP contribution >= 0.6 is 11.3 Å². The zero-order valence-electron chi connectivity index (χ0n) is 24.8. The Morgan fingerprint density at radius 3 is 1.83 bits per heavy atom. The van der Waals surface area contributed by atoms with Crippen molar-refractivity contribution in [1.82, 2.24) is 14.5 Å². The molecule has 0 radical (unpaired) electrons. The number of aromatic nitrogens is 3. The van der Waals surface area contributed by atoms with Crippen LogP contribution in [0.3, 0.4) is 0 Å². The zero-order valence-corrected chi connectivity index (χ0v) is 25.7. The molecule has 0 spiro atoms. The van der Waals surface area contributed by atoms with Gasteiger partial charge in [0.25, 0.3) is 0 Å². The van der Waals surface area contributed by atoms with E-state index >= 15 is 0 Å². The predicted octanol–water partition coefficient (Wildman–Crippen LogP) is 11.5. The molecule has 0 N–H and O–H groups in total. The van der Waals surface area contributed by atoms with E-state index in [0.29, 0.717) is 0 Å². The van der Waals surface area contributed by atoms with Crippen molar-refractivity contribution in [2.24, 2.45) is 0 Å². The fourth-order valence-electron chi connectivity index (χ4n) is 6.42. The number of hydrogen-bond donors (Lipinski definition) is 0. The monoisotopic (exact) mass is 605 g/mol. The van der Waals surface area contributed by atoms with Crippen LogP contribution in [0.15, 0.2) is 164 Å². The van der Waals surface area contributed by atoms with Crippen LogP contribution in [0, 0.1) is 0 Å². The van der Waals surface area contributed by atoms with E-state index in [4.69, 9.17) is 9.97 Å². The topological polar surface area (TPSA) is 30.7 Å². The van der Waals surface area contributed by atoms with Gasteiger partial charge in [-0.3, -0.25) is 0 Å². The number of hydrogen-bond acceptors (Lipinski definition) is 3. The molecule has 46 heavy (non-hydrogen) atoms. The lowest BCUT2D eigenvalue weighted by atomic mass is 9.99. The predicted molar refractivity (Wildman–Crippen MR) is 193 cm³/mol. The lowest BCUT2D eigenvalue weighted by molar-refractivity contribution is 1.18. The maximum Gasteiger partial charge on any atom is 0.160 e. The van der Waals surface area contributed by atoms with Crippen LogP contribution in [-0.2, 0) is 0 Å². The molecule has 4 heteroatoms. The maximum absolute atomic E-state index is 5.07. The smallest absolute Gasteiger partial charge is 0.160 e. The van der Waals surface area contributed by atoms with E-state index in [-0.39, 0.29) is 0 Å². The van der Waals surface area contributed by atoms with Gasteiger partial charge in [-0.1, -0.05) is 121 Å². The molecule has 9 aromatic rings. The first-order chi connectivity index (χ1) is 22.8. The Bertz CT molecular complexity index is 2460. The molecule has 3 nitrogen and oxygen atoms in total. The molecule has 0 aliphatic heterocycles. The van der Waals surface area contributed by atoms with Gasteiger partial charge < -0.3 is 4.57 Å². The van der Waals surface area contributed by atoms with Crippen molar-refractivity contribution in [2.75, 3.05) is 0 Å². The number of fused-ring (bicyclic) bond motifs is 5. The van der Waals surface area contributed by atoms with Crippen LogP contribution in [0.2, 0.25) is 0 Å². The standard InChI is InChI=1S/C42H27N3S/c1-4-13-28(14-5-1)36-27-37(44-42(43-36)29-15-6-2-7-16-29)32-18-12-17-30(25-32)31-23-24-39-35(26-31)40-41(46-39)34-21-10-11-22-38(34)45(40)33-19-8-3-9-20-33/h1-27H. The Morgan fingerprint density at radius 1 is 0.435 bits per heavy atom. The second kappa shape index (κ2) is 11.0. The van der Waals surface area contributed by atoms with Crippen LogP contribution in [0.4, 0.5) is 0 Å². The lowest BCUT2D eigenvalue weighted by Crippen LogP contribution is -1.96. The second-order valence-corrected chi connectivity index (χ2v) is 12.5. The maximum atomic E-state index is 5.07. The molecule has 0 saturated carbocycles. The first-order valence-electron chi connectivity index (χ1n) is 15.4. The van der Waals surface area contributed by atoms with Gasteiger partial charge in [-0.25, -0.2) is 9.97 Å². The number of nitrogens with zero attached hydrogens (tertiary/aromatic N) is 3. The third kappa shape index (κ3) is 4.50. The summed E-state index contributed by atoms with van der Waals surface area (Å²) in [4.78, 5) is 10.0. The fraction of sp³-hybridized carbons (Fsp3) is 0. The van der Waals surface area contributed by atoms with Gasteiger partial charge in [0.05, 0.1) is 27.1 Å². The number of benzene rings is 6. The Kier molecular flexibility index (Phi) is 6.32. The Balaban J connectivity index is 1.21. The summed E-state index contributed by atoms with van der Waals surface area (Å²) in [6.45, 7) is 0. The molecule has 3 heterocycles. The number of rotatable bonds is 5. The van der Waals surface area contributed by atoms with Gasteiger partial charge in [-0.05, 0) is 53.6 Å². The second-order valence-electron chi connectivity index (χ2n) is 11.5. The number of para-hydroxylation sites is 2. The minimum Gasteiger partial charge on any atom is -0.308 e. The van der Waals surface area contributed by atoms with Crippen molar-refractivity contribution < 1.29 is 0 Å². The Morgan fingerprint density at radius 2 is 1.04 bits per heavy atom. The van der Waals surface area contributed by atoms with E-state index in [9.17, 15) is 0 Å². The minimum absolute atomic E-state index is 0.721. The van der Waals surface area contributed by atoms with Gasteiger partial charge in [0, 0.05) is 37.9 Å². The normalized spacial score (nSPS) is 11.5. The van der Waals surface area contributed by atoms with Crippen molar-refractivity contribution in [3.05, 3.63) is 164 Å². The summed E-state index contributed by atoms with van der Waals surface area (Å²) in [7, 11) is 0. The highest BCUT2D eigenvalue weighted by molar-refractivity contribution is 7.26. The summed E-state index contributed by atoms with van der Waals surface area (Å²) in [6, 6.07) is 57.7.